The molecule has 1 aliphatic heterocycles. The van der Waals surface area contributed by atoms with Gasteiger partial charge in [0.1, 0.15) is 0 Å². The summed E-state index contributed by atoms with van der Waals surface area (Å²) in [5, 5.41) is 11.1. The van der Waals surface area contributed by atoms with Crippen molar-refractivity contribution in [2.24, 2.45) is 5.92 Å². The predicted octanol–water partition coefficient (Wildman–Crippen LogP) is 3.30. The monoisotopic (exact) mass is 327 g/mol. The Kier molecular flexibility index (Phi) is 4.43. The van der Waals surface area contributed by atoms with Gasteiger partial charge in [-0.1, -0.05) is 29.3 Å². The molecule has 0 radical (unpaired) electrons. The molecule has 1 N–H and O–H groups in total. The highest BCUT2D eigenvalue weighted by Gasteiger charge is 2.39. The molecule has 2 bridgehead atoms. The largest absolute Gasteiger partial charge is 0.391 e. The van der Waals surface area contributed by atoms with Crippen LogP contribution in [0.2, 0.25) is 10.0 Å². The highest BCUT2D eigenvalue weighted by Crippen LogP contribution is 2.35. The third-order valence-corrected chi connectivity index (χ3v) is 5.47. The van der Waals surface area contributed by atoms with E-state index in [1.54, 1.807) is 12.1 Å². The molecule has 1 saturated heterocycles. The van der Waals surface area contributed by atoms with Crippen LogP contribution in [0.3, 0.4) is 0 Å². The summed E-state index contributed by atoms with van der Waals surface area (Å²) < 4.78 is 0. The van der Waals surface area contributed by atoms with Gasteiger partial charge in [-0.2, -0.15) is 0 Å². The van der Waals surface area contributed by atoms with Gasteiger partial charge in [0.15, 0.2) is 0 Å². The lowest BCUT2D eigenvalue weighted by Crippen LogP contribution is -2.54. The Labute approximate surface area is 134 Å². The van der Waals surface area contributed by atoms with Gasteiger partial charge < -0.3 is 10.0 Å². The van der Waals surface area contributed by atoms with Gasteiger partial charge in [-0.05, 0) is 49.3 Å². The van der Waals surface area contributed by atoms with Gasteiger partial charge in [0.2, 0.25) is 5.91 Å². The van der Waals surface area contributed by atoms with Gasteiger partial charge in [-0.25, -0.2) is 0 Å². The first-order valence-electron chi connectivity index (χ1n) is 7.46. The average Bonchev–Trinajstić information content (AvgIpc) is 2.47. The van der Waals surface area contributed by atoms with Crippen LogP contribution in [-0.2, 0) is 11.2 Å². The highest BCUT2D eigenvalue weighted by atomic mass is 35.5. The molecule has 3 nitrogen and oxygen atoms in total. The number of amides is 1. The number of rotatable bonds is 2. The molecule has 0 unspecified atom stereocenters. The van der Waals surface area contributed by atoms with Crippen LogP contribution in [0.4, 0.5) is 0 Å². The van der Waals surface area contributed by atoms with E-state index < -0.39 is 0 Å². The summed E-state index contributed by atoms with van der Waals surface area (Å²) in [4.78, 5) is 14.4. The van der Waals surface area contributed by atoms with Crippen molar-refractivity contribution >= 4 is 29.1 Å². The molecule has 1 aromatic carbocycles. The van der Waals surface area contributed by atoms with E-state index in [2.05, 4.69) is 0 Å². The van der Waals surface area contributed by atoms with Crippen molar-refractivity contribution in [1.82, 2.24) is 4.90 Å². The molecule has 1 heterocycles. The van der Waals surface area contributed by atoms with E-state index in [4.69, 9.17) is 23.2 Å². The molecule has 3 rings (SSSR count). The molecule has 3 atom stereocenters. The van der Waals surface area contributed by atoms with E-state index in [0.717, 1.165) is 37.8 Å². The van der Waals surface area contributed by atoms with Crippen molar-refractivity contribution in [3.63, 3.8) is 0 Å². The third kappa shape index (κ3) is 3.20. The number of likely N-dealkylation sites (tertiary alicyclic amines) is 1. The fourth-order valence-corrected chi connectivity index (χ4v) is 3.86. The van der Waals surface area contributed by atoms with E-state index in [-0.39, 0.29) is 18.1 Å². The maximum atomic E-state index is 12.5. The SMILES string of the molecule is O=C(Cc1ccc(Cl)c(Cl)c1)N1CC[C@H]2CC[C@H](O)[C@@H]1C2. The van der Waals surface area contributed by atoms with Crippen LogP contribution in [0.5, 0.6) is 0 Å². The van der Waals surface area contributed by atoms with Crippen LogP contribution >= 0.6 is 23.2 Å². The summed E-state index contributed by atoms with van der Waals surface area (Å²) in [7, 11) is 0. The number of hydrogen-bond donors (Lipinski definition) is 1. The smallest absolute Gasteiger partial charge is 0.227 e. The van der Waals surface area contributed by atoms with Gasteiger partial charge in [0.25, 0.3) is 0 Å². The fraction of sp³-hybridized carbons (Fsp3) is 0.562. The molecule has 114 valence electrons. The molecule has 2 aliphatic rings. The van der Waals surface area contributed by atoms with E-state index in [1.165, 1.54) is 0 Å². The summed E-state index contributed by atoms with van der Waals surface area (Å²) in [5.74, 6) is 0.741. The molecule has 0 aromatic heterocycles. The Balaban J connectivity index is 1.71. The minimum Gasteiger partial charge on any atom is -0.391 e. The van der Waals surface area contributed by atoms with Crippen LogP contribution in [0.1, 0.15) is 31.2 Å². The summed E-state index contributed by atoms with van der Waals surface area (Å²) in [6.07, 6.45) is 3.83. The Morgan fingerprint density at radius 2 is 2.05 bits per heavy atom. The van der Waals surface area contributed by atoms with Crippen molar-refractivity contribution in [2.75, 3.05) is 6.54 Å². The van der Waals surface area contributed by atoms with E-state index in [9.17, 15) is 9.90 Å². The second-order valence-corrected chi connectivity index (χ2v) is 6.93. The summed E-state index contributed by atoms with van der Waals surface area (Å²) in [6.45, 7) is 0.756. The molecular formula is C16H19Cl2NO2. The van der Waals surface area contributed by atoms with E-state index >= 15 is 0 Å². The summed E-state index contributed by atoms with van der Waals surface area (Å²) in [5.41, 5.74) is 0.863. The number of aliphatic hydroxyl groups is 1. The first kappa shape index (κ1) is 15.1. The number of benzene rings is 1. The molecular weight excluding hydrogens is 309 g/mol. The zero-order valence-electron chi connectivity index (χ0n) is 11.8. The highest BCUT2D eigenvalue weighted by molar-refractivity contribution is 6.42. The van der Waals surface area contributed by atoms with Gasteiger partial charge in [-0.15, -0.1) is 0 Å². The minimum atomic E-state index is -0.376. The molecule has 1 amide bonds. The number of fused-ring (bicyclic) bond motifs is 2. The summed E-state index contributed by atoms with van der Waals surface area (Å²) in [6, 6.07) is 5.28. The fourth-order valence-electron chi connectivity index (χ4n) is 3.54. The molecule has 1 saturated carbocycles. The molecule has 2 fully saturated rings. The second-order valence-electron chi connectivity index (χ2n) is 6.11. The van der Waals surface area contributed by atoms with Crippen molar-refractivity contribution < 1.29 is 9.90 Å². The first-order chi connectivity index (χ1) is 10.0. The number of hydrogen-bond acceptors (Lipinski definition) is 2. The van der Waals surface area contributed by atoms with Crippen molar-refractivity contribution in [2.45, 2.75) is 44.2 Å². The van der Waals surface area contributed by atoms with Crippen molar-refractivity contribution in [3.05, 3.63) is 33.8 Å². The molecule has 1 aromatic rings. The van der Waals surface area contributed by atoms with Crippen molar-refractivity contribution in [3.8, 4) is 0 Å². The lowest BCUT2D eigenvalue weighted by molar-refractivity contribution is -0.140. The number of nitrogens with zero attached hydrogens (tertiary/aromatic N) is 1. The second kappa shape index (κ2) is 6.15. The topological polar surface area (TPSA) is 40.5 Å². The van der Waals surface area contributed by atoms with Gasteiger partial charge in [0.05, 0.1) is 28.6 Å². The van der Waals surface area contributed by atoms with Crippen LogP contribution in [0.25, 0.3) is 0 Å². The van der Waals surface area contributed by atoms with Crippen LogP contribution < -0.4 is 0 Å². The summed E-state index contributed by atoms with van der Waals surface area (Å²) >= 11 is 11.9. The lowest BCUT2D eigenvalue weighted by Gasteiger charge is -2.45. The van der Waals surface area contributed by atoms with Gasteiger partial charge >= 0.3 is 0 Å². The number of carbonyl (C=O) groups excluding carboxylic acids is 1. The van der Waals surface area contributed by atoms with Crippen LogP contribution in [-0.4, -0.2) is 34.6 Å². The zero-order valence-corrected chi connectivity index (χ0v) is 13.3. The van der Waals surface area contributed by atoms with E-state index in [0.29, 0.717) is 22.4 Å². The maximum Gasteiger partial charge on any atom is 0.227 e. The Hall–Kier alpha value is -0.770. The standard InChI is InChI=1S/C16H19Cl2NO2/c17-12-3-1-11(7-13(12)18)9-16(21)19-6-5-10-2-4-15(20)14(19)8-10/h1,3,7,10,14-15,20H,2,4-6,8-9H2/t10-,14+,15+/m1/s1. The Bertz CT molecular complexity index is 549. The first-order valence-corrected chi connectivity index (χ1v) is 8.21. The van der Waals surface area contributed by atoms with Crippen LogP contribution in [0.15, 0.2) is 18.2 Å². The quantitative estimate of drug-likeness (QED) is 0.905. The molecule has 1 aliphatic carbocycles. The molecule has 0 spiro atoms. The molecule has 21 heavy (non-hydrogen) atoms. The number of aliphatic hydroxyl groups excluding tert-OH is 1. The van der Waals surface area contributed by atoms with E-state index in [1.807, 2.05) is 11.0 Å². The van der Waals surface area contributed by atoms with Crippen LogP contribution in [0, 0.1) is 5.92 Å². The molecule has 5 heteroatoms. The normalized spacial score (nSPS) is 28.5. The Morgan fingerprint density at radius 1 is 1.24 bits per heavy atom. The minimum absolute atomic E-state index is 0.00669. The van der Waals surface area contributed by atoms with Gasteiger partial charge in [0, 0.05) is 6.54 Å². The van der Waals surface area contributed by atoms with Gasteiger partial charge in [-0.3, -0.25) is 4.79 Å². The lowest BCUT2D eigenvalue weighted by atomic mass is 9.78. The number of halogens is 2. The third-order valence-electron chi connectivity index (χ3n) is 4.73. The maximum absolute atomic E-state index is 12.5. The number of carbonyl (C=O) groups is 1. The van der Waals surface area contributed by atoms with Crippen molar-refractivity contribution in [1.29, 1.82) is 0 Å². The zero-order chi connectivity index (χ0) is 15.0. The number of piperidine rings is 1. The average molecular weight is 328 g/mol. The Morgan fingerprint density at radius 3 is 2.81 bits per heavy atom. The predicted molar refractivity (Wildman–Crippen MR) is 83.6 cm³/mol.